The van der Waals surface area contributed by atoms with E-state index in [-0.39, 0.29) is 25.1 Å². The van der Waals surface area contributed by atoms with E-state index in [1.165, 1.54) is 0 Å². The van der Waals surface area contributed by atoms with Crippen molar-refractivity contribution in [1.82, 2.24) is 20.3 Å². The largest absolute Gasteiger partial charge is 0.493 e. The number of carbonyl (C=O) groups excluding carboxylic acids is 2. The van der Waals surface area contributed by atoms with E-state index in [2.05, 4.69) is 32.2 Å². The van der Waals surface area contributed by atoms with E-state index >= 15 is 0 Å². The Bertz CT molecular complexity index is 1200. The highest BCUT2D eigenvalue weighted by molar-refractivity contribution is 5.95. The fraction of sp³-hybridized carbons (Fsp3) is 0.321. The van der Waals surface area contributed by atoms with Gasteiger partial charge < -0.3 is 24.8 Å². The van der Waals surface area contributed by atoms with Gasteiger partial charge in [0, 0.05) is 18.5 Å². The van der Waals surface area contributed by atoms with Crippen molar-refractivity contribution < 1.29 is 23.8 Å². The Morgan fingerprint density at radius 1 is 0.921 bits per heavy atom. The molecule has 0 aliphatic carbocycles. The van der Waals surface area contributed by atoms with Crippen LogP contribution in [0.2, 0.25) is 0 Å². The van der Waals surface area contributed by atoms with Crippen molar-refractivity contribution in [2.75, 3.05) is 31.7 Å². The lowest BCUT2D eigenvalue weighted by Gasteiger charge is -2.10. The second kappa shape index (κ2) is 14.9. The maximum Gasteiger partial charge on any atom is 0.325 e. The summed E-state index contributed by atoms with van der Waals surface area (Å²) in [5.74, 6) is 0.897. The van der Waals surface area contributed by atoms with Crippen LogP contribution in [0.15, 0.2) is 61.2 Å². The van der Waals surface area contributed by atoms with Crippen LogP contribution in [-0.4, -0.2) is 53.2 Å². The molecular formula is C28H33N5O5. The van der Waals surface area contributed by atoms with E-state index < -0.39 is 5.97 Å². The standard InChI is InChI=1S/C28H33N5O5/c1-4-7-16-38-23-14-10-21(11-15-23)18-30-27-31-24(32-28(33-27)37-6-3)17-20-8-12-22(13-9-20)26(35)29-19-25(34)36-5-2/h4,8-15H,1,5-7,16-19H2,2-3H3,(H,29,35)(H,30,31,32,33). The minimum atomic E-state index is -0.480. The quantitative estimate of drug-likeness (QED) is 0.176. The molecule has 10 heteroatoms. The second-order valence-corrected chi connectivity index (χ2v) is 8.08. The van der Waals surface area contributed by atoms with Crippen molar-refractivity contribution in [3.05, 3.63) is 83.7 Å². The van der Waals surface area contributed by atoms with Crippen LogP contribution >= 0.6 is 0 Å². The molecule has 0 aliphatic heterocycles. The summed E-state index contributed by atoms with van der Waals surface area (Å²) in [5, 5.41) is 5.77. The minimum Gasteiger partial charge on any atom is -0.493 e. The highest BCUT2D eigenvalue weighted by Crippen LogP contribution is 2.16. The SMILES string of the molecule is C=CCCOc1ccc(CNc2nc(Cc3ccc(C(=O)NCC(=O)OCC)cc3)nc(OCC)n2)cc1. The molecule has 0 spiro atoms. The number of hydrogen-bond acceptors (Lipinski definition) is 9. The third-order valence-corrected chi connectivity index (χ3v) is 5.18. The van der Waals surface area contributed by atoms with Crippen molar-refractivity contribution in [1.29, 1.82) is 0 Å². The van der Waals surface area contributed by atoms with Crippen LogP contribution in [0.1, 0.15) is 47.6 Å². The molecule has 3 aromatic rings. The van der Waals surface area contributed by atoms with Gasteiger partial charge in [-0.3, -0.25) is 9.59 Å². The number of rotatable bonds is 15. The summed E-state index contributed by atoms with van der Waals surface area (Å²) in [7, 11) is 0. The number of anilines is 1. The molecule has 0 unspecified atom stereocenters. The van der Waals surface area contributed by atoms with Gasteiger partial charge in [0.05, 0.1) is 19.8 Å². The van der Waals surface area contributed by atoms with Crippen LogP contribution in [0, 0.1) is 0 Å². The number of nitrogens with one attached hydrogen (secondary N) is 2. The summed E-state index contributed by atoms with van der Waals surface area (Å²) in [5.41, 5.74) is 2.37. The number of ether oxygens (including phenoxy) is 3. The molecule has 0 fully saturated rings. The second-order valence-electron chi connectivity index (χ2n) is 8.08. The number of carbonyl (C=O) groups is 2. The maximum atomic E-state index is 12.3. The van der Waals surface area contributed by atoms with Gasteiger partial charge in [-0.2, -0.15) is 15.0 Å². The molecule has 0 saturated carbocycles. The van der Waals surface area contributed by atoms with Gasteiger partial charge in [0.25, 0.3) is 5.91 Å². The third-order valence-electron chi connectivity index (χ3n) is 5.18. The molecule has 38 heavy (non-hydrogen) atoms. The van der Waals surface area contributed by atoms with Crippen molar-refractivity contribution in [3.8, 4) is 11.8 Å². The number of hydrogen-bond donors (Lipinski definition) is 2. The van der Waals surface area contributed by atoms with Crippen LogP contribution in [-0.2, 0) is 22.5 Å². The Morgan fingerprint density at radius 3 is 2.34 bits per heavy atom. The molecule has 0 saturated heterocycles. The molecule has 1 amide bonds. The molecule has 2 aromatic carbocycles. The van der Waals surface area contributed by atoms with E-state index in [1.54, 1.807) is 19.1 Å². The van der Waals surface area contributed by atoms with E-state index in [9.17, 15) is 9.59 Å². The van der Waals surface area contributed by atoms with Gasteiger partial charge in [-0.15, -0.1) is 6.58 Å². The average molecular weight is 520 g/mol. The van der Waals surface area contributed by atoms with E-state index in [1.807, 2.05) is 49.4 Å². The zero-order valence-corrected chi connectivity index (χ0v) is 21.7. The Balaban J connectivity index is 1.61. The molecule has 3 rings (SSSR count). The normalized spacial score (nSPS) is 10.4. The van der Waals surface area contributed by atoms with E-state index in [0.717, 1.165) is 23.3 Å². The van der Waals surface area contributed by atoms with Gasteiger partial charge >= 0.3 is 12.0 Å². The molecule has 0 radical (unpaired) electrons. The topological polar surface area (TPSA) is 125 Å². The molecule has 2 N–H and O–H groups in total. The monoisotopic (exact) mass is 519 g/mol. The number of amides is 1. The lowest BCUT2D eigenvalue weighted by atomic mass is 10.1. The Morgan fingerprint density at radius 2 is 1.66 bits per heavy atom. The van der Waals surface area contributed by atoms with Gasteiger partial charge in [0.15, 0.2) is 0 Å². The number of nitrogens with zero attached hydrogens (tertiary/aromatic N) is 3. The minimum absolute atomic E-state index is 0.178. The third kappa shape index (κ3) is 9.20. The first-order valence-electron chi connectivity index (χ1n) is 12.5. The van der Waals surface area contributed by atoms with Gasteiger partial charge in [0.2, 0.25) is 5.95 Å². The van der Waals surface area contributed by atoms with Crippen molar-refractivity contribution in [3.63, 3.8) is 0 Å². The van der Waals surface area contributed by atoms with Gasteiger partial charge in [-0.05, 0) is 55.7 Å². The molecule has 0 bridgehead atoms. The van der Waals surface area contributed by atoms with Gasteiger partial charge in [0.1, 0.15) is 18.1 Å². The number of esters is 1. The Hall–Kier alpha value is -4.47. The maximum absolute atomic E-state index is 12.3. The number of aromatic nitrogens is 3. The fourth-order valence-corrected chi connectivity index (χ4v) is 3.32. The molecule has 0 aliphatic rings. The smallest absolute Gasteiger partial charge is 0.325 e. The van der Waals surface area contributed by atoms with Gasteiger partial charge in [-0.25, -0.2) is 0 Å². The summed E-state index contributed by atoms with van der Waals surface area (Å²) < 4.78 is 16.0. The van der Waals surface area contributed by atoms with Crippen LogP contribution in [0.4, 0.5) is 5.95 Å². The Labute approximate surface area is 222 Å². The molecule has 10 nitrogen and oxygen atoms in total. The van der Waals surface area contributed by atoms with Crippen molar-refractivity contribution >= 4 is 17.8 Å². The zero-order valence-electron chi connectivity index (χ0n) is 21.7. The highest BCUT2D eigenvalue weighted by atomic mass is 16.5. The van der Waals surface area contributed by atoms with E-state index in [0.29, 0.717) is 43.5 Å². The summed E-state index contributed by atoms with van der Waals surface area (Å²) in [4.78, 5) is 37.0. The van der Waals surface area contributed by atoms with Crippen LogP contribution in [0.25, 0.3) is 0 Å². The van der Waals surface area contributed by atoms with Gasteiger partial charge in [-0.1, -0.05) is 30.3 Å². The summed E-state index contributed by atoms with van der Waals surface area (Å²) in [6.45, 7) is 8.88. The predicted octanol–water partition coefficient (Wildman–Crippen LogP) is 3.72. The Kier molecular flexibility index (Phi) is 11.0. The molecule has 200 valence electrons. The van der Waals surface area contributed by atoms with Crippen molar-refractivity contribution in [2.24, 2.45) is 0 Å². The van der Waals surface area contributed by atoms with Crippen LogP contribution in [0.3, 0.4) is 0 Å². The predicted molar refractivity (Wildman–Crippen MR) is 143 cm³/mol. The number of benzene rings is 2. The first kappa shape index (κ1) is 28.1. The lowest BCUT2D eigenvalue weighted by molar-refractivity contribution is -0.141. The molecular weight excluding hydrogens is 486 g/mol. The molecule has 0 atom stereocenters. The molecule has 1 aromatic heterocycles. The summed E-state index contributed by atoms with van der Waals surface area (Å²) in [6, 6.07) is 15.0. The summed E-state index contributed by atoms with van der Waals surface area (Å²) in [6.07, 6.45) is 3.03. The lowest BCUT2D eigenvalue weighted by Crippen LogP contribution is -2.30. The van der Waals surface area contributed by atoms with Crippen LogP contribution in [0.5, 0.6) is 11.8 Å². The first-order valence-corrected chi connectivity index (χ1v) is 12.5. The fourth-order valence-electron chi connectivity index (χ4n) is 3.32. The average Bonchev–Trinajstić information content (AvgIpc) is 2.92. The molecule has 1 heterocycles. The van der Waals surface area contributed by atoms with E-state index in [4.69, 9.17) is 14.2 Å². The van der Waals surface area contributed by atoms with Crippen LogP contribution < -0.4 is 20.1 Å². The highest BCUT2D eigenvalue weighted by Gasteiger charge is 2.11. The van der Waals surface area contributed by atoms with Crippen molar-refractivity contribution in [2.45, 2.75) is 33.2 Å². The zero-order chi connectivity index (χ0) is 27.2. The summed E-state index contributed by atoms with van der Waals surface area (Å²) >= 11 is 0. The first-order chi connectivity index (χ1) is 18.5.